The molecule has 15 heavy (non-hydrogen) atoms. The number of esters is 1. The standard InChI is InChI=1S/C11H14N2O2/c1-15-11(14)10(13-9-2-3-9)8-4-6-12-7-5-8/h4-7,9-10,13H,2-3H2,1H3. The van der Waals surface area contributed by atoms with Crippen molar-refractivity contribution >= 4 is 5.97 Å². The minimum atomic E-state index is -0.356. The van der Waals surface area contributed by atoms with Crippen molar-refractivity contribution in [1.29, 1.82) is 0 Å². The molecule has 1 atom stereocenters. The van der Waals surface area contributed by atoms with E-state index in [1.54, 1.807) is 12.4 Å². The van der Waals surface area contributed by atoms with Crippen molar-refractivity contribution in [3.63, 3.8) is 0 Å². The zero-order chi connectivity index (χ0) is 10.7. The van der Waals surface area contributed by atoms with Crippen molar-refractivity contribution in [3.8, 4) is 0 Å². The SMILES string of the molecule is COC(=O)C(NC1CC1)c1ccncc1. The summed E-state index contributed by atoms with van der Waals surface area (Å²) in [6.45, 7) is 0. The molecule has 0 amide bonds. The van der Waals surface area contributed by atoms with Crippen LogP contribution < -0.4 is 5.32 Å². The van der Waals surface area contributed by atoms with Gasteiger partial charge in [0.15, 0.2) is 0 Å². The third-order valence-corrected chi connectivity index (χ3v) is 2.46. The lowest BCUT2D eigenvalue weighted by molar-refractivity contribution is -0.143. The first-order valence-corrected chi connectivity index (χ1v) is 5.05. The molecule has 80 valence electrons. The second kappa shape index (κ2) is 4.40. The molecule has 1 aromatic heterocycles. The van der Waals surface area contributed by atoms with Crippen LogP contribution in [-0.4, -0.2) is 24.1 Å². The van der Waals surface area contributed by atoms with Crippen LogP contribution in [0.15, 0.2) is 24.5 Å². The van der Waals surface area contributed by atoms with E-state index in [1.165, 1.54) is 7.11 Å². The van der Waals surface area contributed by atoms with Gasteiger partial charge in [0, 0.05) is 18.4 Å². The average molecular weight is 206 g/mol. The normalized spacial score (nSPS) is 17.1. The van der Waals surface area contributed by atoms with Gasteiger partial charge in [0.05, 0.1) is 7.11 Å². The van der Waals surface area contributed by atoms with Crippen LogP contribution in [0.1, 0.15) is 24.4 Å². The Kier molecular flexibility index (Phi) is 2.97. The maximum absolute atomic E-state index is 11.6. The van der Waals surface area contributed by atoms with Crippen molar-refractivity contribution in [2.45, 2.75) is 24.9 Å². The van der Waals surface area contributed by atoms with E-state index in [1.807, 2.05) is 12.1 Å². The van der Waals surface area contributed by atoms with Gasteiger partial charge in [-0.25, -0.2) is 4.79 Å². The number of hydrogen-bond donors (Lipinski definition) is 1. The fraction of sp³-hybridized carbons (Fsp3) is 0.455. The molecule has 1 aliphatic rings. The number of pyridine rings is 1. The minimum Gasteiger partial charge on any atom is -0.468 e. The van der Waals surface area contributed by atoms with Gasteiger partial charge >= 0.3 is 5.97 Å². The number of nitrogens with one attached hydrogen (secondary N) is 1. The van der Waals surface area contributed by atoms with Crippen LogP contribution in [0.2, 0.25) is 0 Å². The Morgan fingerprint density at radius 2 is 2.20 bits per heavy atom. The number of carbonyl (C=O) groups is 1. The molecule has 1 fully saturated rings. The molecule has 0 bridgehead atoms. The van der Waals surface area contributed by atoms with Crippen LogP contribution in [0.3, 0.4) is 0 Å². The minimum absolute atomic E-state index is 0.242. The highest BCUT2D eigenvalue weighted by Crippen LogP contribution is 2.24. The van der Waals surface area contributed by atoms with Gasteiger partial charge in [0.2, 0.25) is 0 Å². The maximum Gasteiger partial charge on any atom is 0.327 e. The number of ether oxygens (including phenoxy) is 1. The van der Waals surface area contributed by atoms with Crippen molar-refractivity contribution in [2.24, 2.45) is 0 Å². The van der Waals surface area contributed by atoms with Crippen LogP contribution in [0.25, 0.3) is 0 Å². The van der Waals surface area contributed by atoms with Gasteiger partial charge in [-0.1, -0.05) is 0 Å². The Balaban J connectivity index is 2.13. The maximum atomic E-state index is 11.6. The van der Waals surface area contributed by atoms with Gasteiger partial charge in [0.1, 0.15) is 6.04 Å². The first kappa shape index (κ1) is 10.1. The summed E-state index contributed by atoms with van der Waals surface area (Å²) in [6.07, 6.45) is 5.64. The predicted octanol–water partition coefficient (Wildman–Crippen LogP) is 1.05. The van der Waals surface area contributed by atoms with Crippen LogP contribution in [0, 0.1) is 0 Å². The van der Waals surface area contributed by atoms with E-state index in [4.69, 9.17) is 4.74 Å². The second-order valence-electron chi connectivity index (χ2n) is 3.68. The van der Waals surface area contributed by atoms with Gasteiger partial charge in [-0.3, -0.25) is 10.3 Å². The Morgan fingerprint density at radius 1 is 1.53 bits per heavy atom. The van der Waals surface area contributed by atoms with Crippen LogP contribution in [-0.2, 0) is 9.53 Å². The number of nitrogens with zero attached hydrogens (tertiary/aromatic N) is 1. The van der Waals surface area contributed by atoms with Gasteiger partial charge < -0.3 is 4.74 Å². The van der Waals surface area contributed by atoms with Crippen LogP contribution in [0.5, 0.6) is 0 Å². The molecule has 2 rings (SSSR count). The summed E-state index contributed by atoms with van der Waals surface area (Å²) in [4.78, 5) is 15.5. The Morgan fingerprint density at radius 3 is 2.73 bits per heavy atom. The highest BCUT2D eigenvalue weighted by atomic mass is 16.5. The van der Waals surface area contributed by atoms with E-state index >= 15 is 0 Å². The Hall–Kier alpha value is -1.42. The van der Waals surface area contributed by atoms with Crippen molar-refractivity contribution in [2.75, 3.05) is 7.11 Å². The van der Waals surface area contributed by atoms with E-state index in [-0.39, 0.29) is 12.0 Å². The third kappa shape index (κ3) is 2.53. The summed E-state index contributed by atoms with van der Waals surface area (Å²) in [5.74, 6) is -0.242. The molecule has 1 unspecified atom stereocenters. The summed E-state index contributed by atoms with van der Waals surface area (Å²) in [6, 6.07) is 3.77. The Bertz CT molecular complexity index is 336. The van der Waals surface area contributed by atoms with Gasteiger partial charge in [0.25, 0.3) is 0 Å². The molecule has 4 nitrogen and oxygen atoms in total. The van der Waals surface area contributed by atoms with Crippen molar-refractivity contribution < 1.29 is 9.53 Å². The smallest absolute Gasteiger partial charge is 0.327 e. The molecule has 0 aromatic carbocycles. The summed E-state index contributed by atoms with van der Waals surface area (Å²) in [5, 5.41) is 3.26. The summed E-state index contributed by atoms with van der Waals surface area (Å²) in [5.41, 5.74) is 0.906. The topological polar surface area (TPSA) is 51.2 Å². The van der Waals surface area contributed by atoms with E-state index in [2.05, 4.69) is 10.3 Å². The highest BCUT2D eigenvalue weighted by Gasteiger charge is 2.29. The fourth-order valence-electron chi connectivity index (χ4n) is 1.46. The largest absolute Gasteiger partial charge is 0.468 e. The molecular formula is C11H14N2O2. The lowest BCUT2D eigenvalue weighted by Crippen LogP contribution is -2.31. The predicted molar refractivity (Wildman–Crippen MR) is 55.2 cm³/mol. The molecule has 1 aromatic rings. The zero-order valence-electron chi connectivity index (χ0n) is 8.64. The van der Waals surface area contributed by atoms with Gasteiger partial charge in [-0.05, 0) is 30.5 Å². The molecule has 0 radical (unpaired) electrons. The lowest BCUT2D eigenvalue weighted by atomic mass is 10.1. The first-order chi connectivity index (χ1) is 7.31. The molecule has 0 saturated heterocycles. The molecule has 1 aliphatic carbocycles. The monoisotopic (exact) mass is 206 g/mol. The van der Waals surface area contributed by atoms with Gasteiger partial charge in [-0.15, -0.1) is 0 Å². The second-order valence-corrected chi connectivity index (χ2v) is 3.68. The van der Waals surface area contributed by atoms with Crippen LogP contribution >= 0.6 is 0 Å². The number of aromatic nitrogens is 1. The van der Waals surface area contributed by atoms with E-state index in [9.17, 15) is 4.79 Å². The van der Waals surface area contributed by atoms with E-state index < -0.39 is 0 Å². The van der Waals surface area contributed by atoms with E-state index in [0.29, 0.717) is 6.04 Å². The molecule has 0 spiro atoms. The zero-order valence-corrected chi connectivity index (χ0v) is 8.64. The highest BCUT2D eigenvalue weighted by molar-refractivity contribution is 5.77. The number of methoxy groups -OCH3 is 1. The molecule has 4 heteroatoms. The summed E-state index contributed by atoms with van der Waals surface area (Å²) >= 11 is 0. The molecule has 1 heterocycles. The molecule has 0 aliphatic heterocycles. The third-order valence-electron chi connectivity index (χ3n) is 2.46. The Labute approximate surface area is 88.7 Å². The van der Waals surface area contributed by atoms with Crippen molar-refractivity contribution in [3.05, 3.63) is 30.1 Å². The number of rotatable bonds is 4. The average Bonchev–Trinajstić information content (AvgIpc) is 3.10. The molecular weight excluding hydrogens is 192 g/mol. The summed E-state index contributed by atoms with van der Waals surface area (Å²) in [7, 11) is 1.41. The molecule has 1 N–H and O–H groups in total. The van der Waals surface area contributed by atoms with Crippen molar-refractivity contribution in [1.82, 2.24) is 10.3 Å². The number of carbonyl (C=O) groups excluding carboxylic acids is 1. The van der Waals surface area contributed by atoms with Gasteiger partial charge in [-0.2, -0.15) is 0 Å². The molecule has 1 saturated carbocycles. The van der Waals surface area contributed by atoms with Crippen LogP contribution in [0.4, 0.5) is 0 Å². The summed E-state index contributed by atoms with van der Waals surface area (Å²) < 4.78 is 4.77. The first-order valence-electron chi connectivity index (χ1n) is 5.05. The van der Waals surface area contributed by atoms with E-state index in [0.717, 1.165) is 18.4 Å². The fourth-order valence-corrected chi connectivity index (χ4v) is 1.46. The lowest BCUT2D eigenvalue weighted by Gasteiger charge is -2.15. The number of hydrogen-bond acceptors (Lipinski definition) is 4. The quantitative estimate of drug-likeness (QED) is 0.748.